The van der Waals surface area contributed by atoms with Crippen molar-refractivity contribution in [2.24, 2.45) is 0 Å². The number of hydrogen-bond donors (Lipinski definition) is 1. The molecule has 1 unspecified atom stereocenters. The third-order valence-electron chi connectivity index (χ3n) is 4.02. The van der Waals surface area contributed by atoms with E-state index in [1.54, 1.807) is 12.1 Å². The molecular formula is C21H25NO3. The Morgan fingerprint density at radius 1 is 1.00 bits per heavy atom. The fourth-order valence-corrected chi connectivity index (χ4v) is 2.53. The van der Waals surface area contributed by atoms with E-state index in [1.165, 1.54) is 0 Å². The number of ether oxygens (including phenoxy) is 1. The zero-order chi connectivity index (χ0) is 18.2. The first kappa shape index (κ1) is 18.7. The molecule has 0 spiro atoms. The Bertz CT molecular complexity index is 705. The summed E-state index contributed by atoms with van der Waals surface area (Å²) >= 11 is 0. The predicted octanol–water partition coefficient (Wildman–Crippen LogP) is 4.23. The lowest BCUT2D eigenvalue weighted by atomic mass is 10.0. The zero-order valence-electron chi connectivity index (χ0n) is 15.0. The van der Waals surface area contributed by atoms with Gasteiger partial charge >= 0.3 is 0 Å². The molecule has 0 heterocycles. The Hall–Kier alpha value is -2.62. The minimum atomic E-state index is -0.123. The van der Waals surface area contributed by atoms with Gasteiger partial charge in [0, 0.05) is 18.4 Å². The fourth-order valence-electron chi connectivity index (χ4n) is 2.53. The largest absolute Gasteiger partial charge is 0.494 e. The maximum absolute atomic E-state index is 12.1. The van der Waals surface area contributed by atoms with E-state index in [9.17, 15) is 9.59 Å². The van der Waals surface area contributed by atoms with Gasteiger partial charge in [-0.15, -0.1) is 0 Å². The minimum absolute atomic E-state index is 0.0103. The second-order valence-corrected chi connectivity index (χ2v) is 6.08. The molecule has 0 radical (unpaired) electrons. The Labute approximate surface area is 149 Å². The van der Waals surface area contributed by atoms with Gasteiger partial charge in [0.2, 0.25) is 5.91 Å². The van der Waals surface area contributed by atoms with Crippen molar-refractivity contribution in [3.8, 4) is 5.75 Å². The van der Waals surface area contributed by atoms with Crippen LogP contribution in [0, 0.1) is 6.92 Å². The summed E-state index contributed by atoms with van der Waals surface area (Å²) < 4.78 is 5.41. The van der Waals surface area contributed by atoms with Gasteiger partial charge < -0.3 is 10.1 Å². The van der Waals surface area contributed by atoms with Crippen LogP contribution in [-0.2, 0) is 4.79 Å². The van der Waals surface area contributed by atoms with Crippen LogP contribution in [0.2, 0.25) is 0 Å². The molecule has 25 heavy (non-hydrogen) atoms. The molecule has 4 nitrogen and oxygen atoms in total. The molecule has 0 saturated heterocycles. The van der Waals surface area contributed by atoms with Gasteiger partial charge in [-0.1, -0.05) is 42.0 Å². The van der Waals surface area contributed by atoms with Gasteiger partial charge in [0.25, 0.3) is 0 Å². The van der Waals surface area contributed by atoms with Crippen molar-refractivity contribution in [2.45, 2.75) is 39.7 Å². The molecule has 1 N–H and O–H groups in total. The highest BCUT2D eigenvalue weighted by atomic mass is 16.5. The molecule has 0 bridgehead atoms. The average molecular weight is 339 g/mol. The molecule has 2 aromatic rings. The Kier molecular flexibility index (Phi) is 6.75. The van der Waals surface area contributed by atoms with Crippen LogP contribution in [0.4, 0.5) is 0 Å². The SMILES string of the molecule is CCOc1ccc(C(C)NC(=O)CCC(=O)c2ccc(C)cc2)cc1. The van der Waals surface area contributed by atoms with E-state index in [4.69, 9.17) is 4.74 Å². The third-order valence-corrected chi connectivity index (χ3v) is 4.02. The van der Waals surface area contributed by atoms with Crippen molar-refractivity contribution in [2.75, 3.05) is 6.61 Å². The summed E-state index contributed by atoms with van der Waals surface area (Å²) in [6, 6.07) is 15.0. The van der Waals surface area contributed by atoms with E-state index in [1.807, 2.05) is 57.2 Å². The summed E-state index contributed by atoms with van der Waals surface area (Å²) in [6.07, 6.45) is 0.402. The highest BCUT2D eigenvalue weighted by molar-refractivity contribution is 5.98. The van der Waals surface area contributed by atoms with Crippen LogP contribution in [0.25, 0.3) is 0 Å². The summed E-state index contributed by atoms with van der Waals surface area (Å²) in [4.78, 5) is 24.2. The molecule has 0 aromatic heterocycles. The number of carbonyl (C=O) groups is 2. The molecule has 4 heteroatoms. The highest BCUT2D eigenvalue weighted by Crippen LogP contribution is 2.18. The van der Waals surface area contributed by atoms with Crippen molar-refractivity contribution >= 4 is 11.7 Å². The molecule has 0 saturated carbocycles. The quantitative estimate of drug-likeness (QED) is 0.732. The molecule has 2 aromatic carbocycles. The highest BCUT2D eigenvalue weighted by Gasteiger charge is 2.12. The van der Waals surface area contributed by atoms with Crippen molar-refractivity contribution in [3.05, 3.63) is 65.2 Å². The molecule has 0 aliphatic heterocycles. The fraction of sp³-hybridized carbons (Fsp3) is 0.333. The summed E-state index contributed by atoms with van der Waals surface area (Å²) in [5.74, 6) is 0.680. The number of carbonyl (C=O) groups excluding carboxylic acids is 2. The lowest BCUT2D eigenvalue weighted by Gasteiger charge is -2.15. The topological polar surface area (TPSA) is 55.4 Å². The molecule has 1 atom stereocenters. The van der Waals surface area contributed by atoms with Crippen LogP contribution in [-0.4, -0.2) is 18.3 Å². The van der Waals surface area contributed by atoms with E-state index in [-0.39, 0.29) is 30.6 Å². The standard InChI is InChI=1S/C21H25NO3/c1-4-25-19-11-9-17(10-12-19)16(3)22-21(24)14-13-20(23)18-7-5-15(2)6-8-18/h5-12,16H,4,13-14H2,1-3H3,(H,22,24). The van der Waals surface area contributed by atoms with Gasteiger partial charge in [-0.05, 0) is 38.5 Å². The summed E-state index contributed by atoms with van der Waals surface area (Å²) in [5.41, 5.74) is 2.76. The lowest BCUT2D eigenvalue weighted by Crippen LogP contribution is -2.26. The maximum Gasteiger partial charge on any atom is 0.220 e. The molecule has 1 amide bonds. The number of nitrogens with one attached hydrogen (secondary N) is 1. The van der Waals surface area contributed by atoms with E-state index >= 15 is 0 Å². The van der Waals surface area contributed by atoms with Crippen LogP contribution in [0.3, 0.4) is 0 Å². The van der Waals surface area contributed by atoms with Crippen LogP contribution >= 0.6 is 0 Å². The zero-order valence-corrected chi connectivity index (χ0v) is 15.0. The third kappa shape index (κ3) is 5.75. The van der Waals surface area contributed by atoms with Crippen LogP contribution in [0.15, 0.2) is 48.5 Å². The smallest absolute Gasteiger partial charge is 0.220 e. The number of rotatable bonds is 8. The molecule has 2 rings (SSSR count). The average Bonchev–Trinajstić information content (AvgIpc) is 2.61. The minimum Gasteiger partial charge on any atom is -0.494 e. The van der Waals surface area contributed by atoms with Crippen molar-refractivity contribution < 1.29 is 14.3 Å². The van der Waals surface area contributed by atoms with Crippen molar-refractivity contribution in [1.82, 2.24) is 5.32 Å². The van der Waals surface area contributed by atoms with Gasteiger partial charge in [0.05, 0.1) is 12.6 Å². The van der Waals surface area contributed by atoms with Gasteiger partial charge in [-0.3, -0.25) is 9.59 Å². The van der Waals surface area contributed by atoms with Crippen molar-refractivity contribution in [3.63, 3.8) is 0 Å². The normalized spacial score (nSPS) is 11.6. The number of benzene rings is 2. The molecule has 0 fully saturated rings. The molecule has 0 aliphatic rings. The number of hydrogen-bond acceptors (Lipinski definition) is 3. The number of amides is 1. The Balaban J connectivity index is 1.82. The summed E-state index contributed by atoms with van der Waals surface area (Å²) in [7, 11) is 0. The number of aryl methyl sites for hydroxylation is 1. The predicted molar refractivity (Wildman–Crippen MR) is 98.9 cm³/mol. The molecule has 0 aliphatic carbocycles. The number of ketones is 1. The first-order chi connectivity index (χ1) is 12.0. The van der Waals surface area contributed by atoms with Gasteiger partial charge in [-0.2, -0.15) is 0 Å². The second kappa shape index (κ2) is 9.02. The van der Waals surface area contributed by atoms with E-state index < -0.39 is 0 Å². The van der Waals surface area contributed by atoms with Crippen LogP contribution < -0.4 is 10.1 Å². The lowest BCUT2D eigenvalue weighted by molar-refractivity contribution is -0.121. The second-order valence-electron chi connectivity index (χ2n) is 6.08. The van der Waals surface area contributed by atoms with Crippen LogP contribution in [0.5, 0.6) is 5.75 Å². The molecule has 132 valence electrons. The first-order valence-corrected chi connectivity index (χ1v) is 8.61. The summed E-state index contributed by atoms with van der Waals surface area (Å²) in [6.45, 7) is 6.47. The first-order valence-electron chi connectivity index (χ1n) is 8.61. The van der Waals surface area contributed by atoms with E-state index in [0.29, 0.717) is 12.2 Å². The summed E-state index contributed by atoms with van der Waals surface area (Å²) in [5, 5.41) is 2.93. The number of Topliss-reactive ketones (excluding diaryl/α,β-unsaturated/α-hetero) is 1. The Morgan fingerprint density at radius 3 is 2.24 bits per heavy atom. The molecular weight excluding hydrogens is 314 g/mol. The van der Waals surface area contributed by atoms with E-state index in [0.717, 1.165) is 16.9 Å². The van der Waals surface area contributed by atoms with E-state index in [2.05, 4.69) is 5.32 Å². The monoisotopic (exact) mass is 339 g/mol. The Morgan fingerprint density at radius 2 is 1.64 bits per heavy atom. The van der Waals surface area contributed by atoms with Gasteiger partial charge in [0.15, 0.2) is 5.78 Å². The van der Waals surface area contributed by atoms with Crippen LogP contribution in [0.1, 0.15) is 54.2 Å². The maximum atomic E-state index is 12.1. The van der Waals surface area contributed by atoms with Gasteiger partial charge in [0.1, 0.15) is 5.75 Å². The van der Waals surface area contributed by atoms with Crippen molar-refractivity contribution in [1.29, 1.82) is 0 Å². The van der Waals surface area contributed by atoms with Gasteiger partial charge in [-0.25, -0.2) is 0 Å².